The molecule has 0 saturated heterocycles. The minimum Gasteiger partial charge on any atom is -0.423 e. The van der Waals surface area contributed by atoms with Crippen LogP contribution in [-0.2, 0) is 0 Å². The van der Waals surface area contributed by atoms with Crippen LogP contribution in [0.5, 0.6) is 0 Å². The molecular weight excluding hydrogens is 155 g/mol. The summed E-state index contributed by atoms with van der Waals surface area (Å²) in [7, 11) is -1.45. The maximum absolute atomic E-state index is 8.82. The van der Waals surface area contributed by atoms with Crippen molar-refractivity contribution < 1.29 is 10.0 Å². The van der Waals surface area contributed by atoms with Crippen molar-refractivity contribution in [1.29, 1.82) is 0 Å². The first-order valence-electron chi connectivity index (χ1n) is 3.56. The maximum atomic E-state index is 8.82. The highest BCUT2D eigenvalue weighted by atomic mass is 16.4. The van der Waals surface area contributed by atoms with E-state index in [1.165, 1.54) is 6.20 Å². The minimum atomic E-state index is -1.45. The van der Waals surface area contributed by atoms with Crippen molar-refractivity contribution >= 4 is 23.6 Å². The Kier molecular flexibility index (Phi) is 1.60. The molecule has 0 unspecified atom stereocenters. The van der Waals surface area contributed by atoms with Crippen molar-refractivity contribution in [2.24, 2.45) is 0 Å². The van der Waals surface area contributed by atoms with Crippen LogP contribution < -0.4 is 5.46 Å². The van der Waals surface area contributed by atoms with Gasteiger partial charge in [0.2, 0.25) is 0 Å². The van der Waals surface area contributed by atoms with E-state index in [1.54, 1.807) is 12.3 Å². The van der Waals surface area contributed by atoms with Crippen molar-refractivity contribution in [2.75, 3.05) is 0 Å². The van der Waals surface area contributed by atoms with E-state index >= 15 is 0 Å². The highest BCUT2D eigenvalue weighted by Gasteiger charge is 2.11. The molecule has 0 aliphatic heterocycles. The van der Waals surface area contributed by atoms with Gasteiger partial charge in [0, 0.05) is 17.9 Å². The molecule has 0 spiro atoms. The molecule has 2 aromatic rings. The molecule has 2 heterocycles. The van der Waals surface area contributed by atoms with E-state index in [4.69, 9.17) is 10.0 Å². The van der Waals surface area contributed by atoms with Crippen LogP contribution in [0.25, 0.3) is 11.0 Å². The normalized spacial score (nSPS) is 10.5. The van der Waals surface area contributed by atoms with Gasteiger partial charge >= 0.3 is 7.12 Å². The second-order valence-electron chi connectivity index (χ2n) is 2.55. The molecule has 0 saturated carbocycles. The summed E-state index contributed by atoms with van der Waals surface area (Å²) in [6.45, 7) is 0. The average Bonchev–Trinajstić information content (AvgIpc) is 2.49. The minimum absolute atomic E-state index is 0.393. The first kappa shape index (κ1) is 7.33. The molecule has 0 radical (unpaired) electrons. The lowest BCUT2D eigenvalue weighted by Gasteiger charge is -1.97. The van der Waals surface area contributed by atoms with Crippen LogP contribution in [0.1, 0.15) is 0 Å². The van der Waals surface area contributed by atoms with E-state index in [0.717, 1.165) is 11.0 Å². The van der Waals surface area contributed by atoms with Crippen molar-refractivity contribution in [3.05, 3.63) is 24.5 Å². The SMILES string of the molecule is OB(O)c1cnc2cc[nH]c2c1. The molecule has 60 valence electrons. The van der Waals surface area contributed by atoms with Gasteiger partial charge in [-0.1, -0.05) is 0 Å². The van der Waals surface area contributed by atoms with E-state index < -0.39 is 7.12 Å². The lowest BCUT2D eigenvalue weighted by molar-refractivity contribution is 0.425. The Morgan fingerprint density at radius 3 is 3.00 bits per heavy atom. The van der Waals surface area contributed by atoms with Gasteiger partial charge in [0.1, 0.15) is 0 Å². The third kappa shape index (κ3) is 1.09. The molecule has 0 aliphatic rings. The molecule has 0 atom stereocenters. The maximum Gasteiger partial charge on any atom is 0.490 e. The Morgan fingerprint density at radius 1 is 1.42 bits per heavy atom. The smallest absolute Gasteiger partial charge is 0.423 e. The summed E-state index contributed by atoms with van der Waals surface area (Å²) in [4.78, 5) is 6.94. The van der Waals surface area contributed by atoms with Gasteiger partial charge in [0.05, 0.1) is 11.0 Å². The van der Waals surface area contributed by atoms with Gasteiger partial charge in [0.15, 0.2) is 0 Å². The molecule has 0 amide bonds. The molecule has 2 aromatic heterocycles. The van der Waals surface area contributed by atoms with E-state index in [2.05, 4.69) is 9.97 Å². The van der Waals surface area contributed by atoms with Crippen LogP contribution in [0.3, 0.4) is 0 Å². The molecular formula is C7H7BN2O2. The van der Waals surface area contributed by atoms with Crippen LogP contribution in [0.15, 0.2) is 24.5 Å². The lowest BCUT2D eigenvalue weighted by Crippen LogP contribution is -2.29. The molecule has 0 aliphatic carbocycles. The number of H-pyrrole nitrogens is 1. The number of fused-ring (bicyclic) bond motifs is 1. The first-order valence-corrected chi connectivity index (χ1v) is 3.56. The van der Waals surface area contributed by atoms with Gasteiger partial charge in [-0.05, 0) is 12.1 Å². The van der Waals surface area contributed by atoms with Gasteiger partial charge in [-0.15, -0.1) is 0 Å². The number of rotatable bonds is 1. The third-order valence-corrected chi connectivity index (χ3v) is 1.72. The van der Waals surface area contributed by atoms with Crippen molar-refractivity contribution in [1.82, 2.24) is 9.97 Å². The fourth-order valence-corrected chi connectivity index (χ4v) is 1.09. The fraction of sp³-hybridized carbons (Fsp3) is 0. The Morgan fingerprint density at radius 2 is 2.25 bits per heavy atom. The zero-order valence-electron chi connectivity index (χ0n) is 6.23. The number of aromatic nitrogens is 2. The topological polar surface area (TPSA) is 69.1 Å². The van der Waals surface area contributed by atoms with Crippen LogP contribution in [-0.4, -0.2) is 27.1 Å². The van der Waals surface area contributed by atoms with E-state index in [0.29, 0.717) is 5.46 Å². The van der Waals surface area contributed by atoms with Gasteiger partial charge in [-0.2, -0.15) is 0 Å². The Hall–Kier alpha value is -1.33. The monoisotopic (exact) mass is 162 g/mol. The van der Waals surface area contributed by atoms with Crippen LogP contribution in [0.4, 0.5) is 0 Å². The molecule has 0 aromatic carbocycles. The number of hydrogen-bond donors (Lipinski definition) is 3. The van der Waals surface area contributed by atoms with Gasteiger partial charge in [-0.25, -0.2) is 0 Å². The molecule has 4 nitrogen and oxygen atoms in total. The summed E-state index contributed by atoms with van der Waals surface area (Å²) < 4.78 is 0. The molecule has 0 bridgehead atoms. The lowest BCUT2D eigenvalue weighted by atomic mass is 9.81. The summed E-state index contributed by atoms with van der Waals surface area (Å²) in [6.07, 6.45) is 3.20. The van der Waals surface area contributed by atoms with E-state index in [9.17, 15) is 0 Å². The second kappa shape index (κ2) is 2.62. The van der Waals surface area contributed by atoms with Crippen LogP contribution in [0.2, 0.25) is 0 Å². The standard InChI is InChI=1S/C7H7BN2O2/c11-8(12)5-3-7-6(10-4-5)1-2-9-7/h1-4,9,11-12H. The Labute approximate surface area is 69.0 Å². The molecule has 2 rings (SSSR count). The van der Waals surface area contributed by atoms with Crippen molar-refractivity contribution in [2.45, 2.75) is 0 Å². The predicted octanol–water partition coefficient (Wildman–Crippen LogP) is -0.757. The predicted molar refractivity (Wildman–Crippen MR) is 45.9 cm³/mol. The average molecular weight is 162 g/mol. The van der Waals surface area contributed by atoms with E-state index in [1.807, 2.05) is 6.07 Å². The third-order valence-electron chi connectivity index (χ3n) is 1.72. The number of aromatic amines is 1. The molecule has 0 fully saturated rings. The zero-order chi connectivity index (χ0) is 8.55. The van der Waals surface area contributed by atoms with E-state index in [-0.39, 0.29) is 0 Å². The van der Waals surface area contributed by atoms with Crippen LogP contribution >= 0.6 is 0 Å². The van der Waals surface area contributed by atoms with Gasteiger partial charge in [0.25, 0.3) is 0 Å². The van der Waals surface area contributed by atoms with Crippen molar-refractivity contribution in [3.8, 4) is 0 Å². The highest BCUT2D eigenvalue weighted by Crippen LogP contribution is 2.05. The quantitative estimate of drug-likeness (QED) is 0.483. The number of hydrogen-bond acceptors (Lipinski definition) is 3. The number of pyridine rings is 1. The largest absolute Gasteiger partial charge is 0.490 e. The summed E-state index contributed by atoms with van der Waals surface area (Å²) in [5.74, 6) is 0. The summed E-state index contributed by atoms with van der Waals surface area (Å²) in [5.41, 5.74) is 2.02. The van der Waals surface area contributed by atoms with Crippen molar-refractivity contribution in [3.63, 3.8) is 0 Å². The first-order chi connectivity index (χ1) is 5.77. The highest BCUT2D eigenvalue weighted by molar-refractivity contribution is 6.58. The number of nitrogens with zero attached hydrogens (tertiary/aromatic N) is 1. The molecule has 3 N–H and O–H groups in total. The van der Waals surface area contributed by atoms with Crippen LogP contribution in [0, 0.1) is 0 Å². The molecule has 5 heteroatoms. The van der Waals surface area contributed by atoms with Gasteiger partial charge < -0.3 is 15.0 Å². The summed E-state index contributed by atoms with van der Waals surface area (Å²) >= 11 is 0. The Bertz CT molecular complexity index is 399. The molecule has 12 heavy (non-hydrogen) atoms. The summed E-state index contributed by atoms with van der Waals surface area (Å²) in [5, 5.41) is 17.6. The zero-order valence-corrected chi connectivity index (χ0v) is 6.23. The number of nitrogens with one attached hydrogen (secondary N) is 1. The second-order valence-corrected chi connectivity index (χ2v) is 2.55. The van der Waals surface area contributed by atoms with Gasteiger partial charge in [-0.3, -0.25) is 4.98 Å². The Balaban J connectivity index is 2.60. The fourth-order valence-electron chi connectivity index (χ4n) is 1.09. The summed E-state index contributed by atoms with van der Waals surface area (Å²) in [6, 6.07) is 3.48.